The molecule has 1 aromatic carbocycles. The Morgan fingerprint density at radius 1 is 1.36 bits per heavy atom. The van der Waals surface area contributed by atoms with Gasteiger partial charge in [-0.25, -0.2) is 0 Å². The van der Waals surface area contributed by atoms with Crippen LogP contribution >= 0.6 is 23.2 Å². The van der Waals surface area contributed by atoms with Gasteiger partial charge in [0.1, 0.15) is 5.75 Å². The molecule has 1 saturated heterocycles. The summed E-state index contributed by atoms with van der Waals surface area (Å²) in [6, 6.07) is 2.70. The van der Waals surface area contributed by atoms with Crippen LogP contribution in [0.4, 0.5) is 0 Å². The van der Waals surface area contributed by atoms with Gasteiger partial charge in [-0.15, -0.1) is 0 Å². The number of piperidine rings is 1. The van der Waals surface area contributed by atoms with Crippen molar-refractivity contribution >= 4 is 29.1 Å². The van der Waals surface area contributed by atoms with Crippen LogP contribution in [0.5, 0.6) is 5.75 Å². The highest BCUT2D eigenvalue weighted by atomic mass is 35.5. The van der Waals surface area contributed by atoms with Gasteiger partial charge >= 0.3 is 0 Å². The summed E-state index contributed by atoms with van der Waals surface area (Å²) >= 11 is 11.9. The molecule has 1 heterocycles. The van der Waals surface area contributed by atoms with Crippen molar-refractivity contribution in [2.24, 2.45) is 11.7 Å². The highest BCUT2D eigenvalue weighted by Crippen LogP contribution is 2.37. The smallest absolute Gasteiger partial charge is 0.248 e. The molecular formula is C16H20Cl2N2O2. The largest absolute Gasteiger partial charge is 0.508 e. The first-order chi connectivity index (χ1) is 10.3. The van der Waals surface area contributed by atoms with Gasteiger partial charge in [0.05, 0.1) is 10.0 Å². The minimum atomic E-state index is -0.336. The first-order valence-corrected chi connectivity index (χ1v) is 7.95. The lowest BCUT2D eigenvalue weighted by molar-refractivity contribution is -0.128. The molecule has 22 heavy (non-hydrogen) atoms. The van der Waals surface area contributed by atoms with Gasteiger partial charge in [-0.05, 0) is 31.7 Å². The Morgan fingerprint density at radius 2 is 1.91 bits per heavy atom. The maximum atomic E-state index is 11.9. The van der Waals surface area contributed by atoms with E-state index in [1.807, 2.05) is 0 Å². The number of nitrogens with two attached hydrogens (primary N) is 1. The predicted molar refractivity (Wildman–Crippen MR) is 89.2 cm³/mol. The summed E-state index contributed by atoms with van der Waals surface area (Å²) in [7, 11) is 0. The number of halogens is 2. The monoisotopic (exact) mass is 342 g/mol. The van der Waals surface area contributed by atoms with Crippen LogP contribution in [0.15, 0.2) is 24.3 Å². The molecule has 3 N–H and O–H groups in total. The number of phenolic OH excluding ortho intramolecular Hbond substituents is 1. The Hall–Kier alpha value is -1.23. The summed E-state index contributed by atoms with van der Waals surface area (Å²) in [6.07, 6.45) is 1.56. The Kier molecular flexibility index (Phi) is 5.37. The molecule has 1 atom stereocenters. The number of aromatic hydroxyl groups is 1. The third kappa shape index (κ3) is 3.57. The van der Waals surface area contributed by atoms with Gasteiger partial charge in [0, 0.05) is 36.3 Å². The molecular weight excluding hydrogens is 323 g/mol. The SMILES string of the molecule is C=C(C)C(=O)N1CCC([C@@H](N)c2cc(Cl)c(Cl)cc2O)CC1. The lowest BCUT2D eigenvalue weighted by Gasteiger charge is -2.35. The molecule has 0 aliphatic carbocycles. The summed E-state index contributed by atoms with van der Waals surface area (Å²) < 4.78 is 0. The van der Waals surface area contributed by atoms with Crippen LogP contribution in [0.25, 0.3) is 0 Å². The third-order valence-electron chi connectivity index (χ3n) is 4.13. The molecule has 0 bridgehead atoms. The van der Waals surface area contributed by atoms with Crippen molar-refractivity contribution in [3.8, 4) is 5.75 Å². The van der Waals surface area contributed by atoms with E-state index in [2.05, 4.69) is 6.58 Å². The minimum absolute atomic E-state index is 0.00981. The van der Waals surface area contributed by atoms with E-state index in [-0.39, 0.29) is 23.6 Å². The van der Waals surface area contributed by atoms with Crippen LogP contribution in [0.3, 0.4) is 0 Å². The van der Waals surface area contributed by atoms with E-state index >= 15 is 0 Å². The van der Waals surface area contributed by atoms with Gasteiger partial charge in [-0.3, -0.25) is 4.79 Å². The Labute approximate surface area is 140 Å². The van der Waals surface area contributed by atoms with Crippen LogP contribution in [0.2, 0.25) is 10.0 Å². The molecule has 0 spiro atoms. The minimum Gasteiger partial charge on any atom is -0.508 e. The quantitative estimate of drug-likeness (QED) is 0.826. The molecule has 1 fully saturated rings. The van der Waals surface area contributed by atoms with E-state index < -0.39 is 0 Å². The average molecular weight is 343 g/mol. The van der Waals surface area contributed by atoms with Gasteiger partial charge in [0.15, 0.2) is 0 Å². The molecule has 1 aliphatic heterocycles. The summed E-state index contributed by atoms with van der Waals surface area (Å²) in [6.45, 7) is 6.69. The molecule has 4 nitrogen and oxygen atoms in total. The lowest BCUT2D eigenvalue weighted by Crippen LogP contribution is -2.41. The Bertz CT molecular complexity index is 596. The van der Waals surface area contributed by atoms with Gasteiger partial charge in [0.2, 0.25) is 5.91 Å². The normalized spacial score (nSPS) is 17.4. The van der Waals surface area contributed by atoms with E-state index in [9.17, 15) is 9.90 Å². The van der Waals surface area contributed by atoms with Crippen molar-refractivity contribution < 1.29 is 9.90 Å². The number of nitrogens with zero attached hydrogens (tertiary/aromatic N) is 1. The van der Waals surface area contributed by atoms with Crippen LogP contribution in [-0.2, 0) is 4.79 Å². The van der Waals surface area contributed by atoms with Crippen molar-refractivity contribution in [1.82, 2.24) is 4.90 Å². The van der Waals surface area contributed by atoms with E-state index in [0.29, 0.717) is 34.3 Å². The van der Waals surface area contributed by atoms with Crippen molar-refractivity contribution in [2.45, 2.75) is 25.8 Å². The van der Waals surface area contributed by atoms with Crippen molar-refractivity contribution in [3.05, 3.63) is 39.9 Å². The molecule has 0 aromatic heterocycles. The standard InChI is InChI=1S/C16H20Cl2N2O2/c1-9(2)16(22)20-5-3-10(4-6-20)15(19)11-7-12(17)13(18)8-14(11)21/h7-8,10,15,21H,1,3-6,19H2,2H3/t15-/m1/s1. The number of benzene rings is 1. The molecule has 1 aliphatic rings. The first kappa shape index (κ1) is 17.1. The molecule has 120 valence electrons. The number of carbonyl (C=O) groups is 1. The highest BCUT2D eigenvalue weighted by molar-refractivity contribution is 6.42. The zero-order valence-electron chi connectivity index (χ0n) is 12.5. The molecule has 0 unspecified atom stereocenters. The molecule has 0 saturated carbocycles. The van der Waals surface area contributed by atoms with E-state index in [4.69, 9.17) is 28.9 Å². The molecule has 1 aromatic rings. The zero-order valence-corrected chi connectivity index (χ0v) is 14.0. The number of carbonyl (C=O) groups excluding carboxylic acids is 1. The molecule has 6 heteroatoms. The Balaban J connectivity index is 2.07. The van der Waals surface area contributed by atoms with Crippen LogP contribution < -0.4 is 5.73 Å². The number of amides is 1. The summed E-state index contributed by atoms with van der Waals surface area (Å²) in [5, 5.41) is 10.7. The van der Waals surface area contributed by atoms with E-state index in [0.717, 1.165) is 12.8 Å². The fraction of sp³-hybridized carbons (Fsp3) is 0.438. The summed E-state index contributed by atoms with van der Waals surface area (Å²) in [5.74, 6) is 0.226. The third-order valence-corrected chi connectivity index (χ3v) is 4.85. The topological polar surface area (TPSA) is 66.6 Å². The number of phenols is 1. The second-order valence-corrected chi connectivity index (χ2v) is 6.58. The maximum absolute atomic E-state index is 11.9. The molecule has 1 amide bonds. The second kappa shape index (κ2) is 6.90. The maximum Gasteiger partial charge on any atom is 0.248 e. The second-order valence-electron chi connectivity index (χ2n) is 5.76. The first-order valence-electron chi connectivity index (χ1n) is 7.19. The predicted octanol–water partition coefficient (Wildman–Crippen LogP) is 3.51. The summed E-state index contributed by atoms with van der Waals surface area (Å²) in [5.41, 5.74) is 7.43. The zero-order chi connectivity index (χ0) is 16.4. The number of likely N-dealkylation sites (tertiary alicyclic amines) is 1. The van der Waals surface area contributed by atoms with E-state index in [1.54, 1.807) is 17.9 Å². The number of hydrogen-bond acceptors (Lipinski definition) is 3. The molecule has 2 rings (SSSR count). The van der Waals surface area contributed by atoms with Crippen LogP contribution in [-0.4, -0.2) is 29.0 Å². The van der Waals surface area contributed by atoms with Crippen molar-refractivity contribution in [3.63, 3.8) is 0 Å². The number of hydrogen-bond donors (Lipinski definition) is 2. The fourth-order valence-electron chi connectivity index (χ4n) is 2.80. The van der Waals surface area contributed by atoms with Gasteiger partial charge in [-0.1, -0.05) is 29.8 Å². The van der Waals surface area contributed by atoms with Crippen molar-refractivity contribution in [1.29, 1.82) is 0 Å². The number of rotatable bonds is 3. The van der Waals surface area contributed by atoms with Crippen molar-refractivity contribution in [2.75, 3.05) is 13.1 Å². The van der Waals surface area contributed by atoms with Gasteiger partial charge in [-0.2, -0.15) is 0 Å². The molecule has 0 radical (unpaired) electrons. The van der Waals surface area contributed by atoms with Crippen LogP contribution in [0.1, 0.15) is 31.4 Å². The van der Waals surface area contributed by atoms with Crippen LogP contribution in [0, 0.1) is 5.92 Å². The lowest BCUT2D eigenvalue weighted by atomic mass is 9.85. The average Bonchev–Trinajstić information content (AvgIpc) is 2.49. The Morgan fingerprint density at radius 3 is 2.45 bits per heavy atom. The summed E-state index contributed by atoms with van der Waals surface area (Å²) in [4.78, 5) is 13.7. The fourth-order valence-corrected chi connectivity index (χ4v) is 3.13. The highest BCUT2D eigenvalue weighted by Gasteiger charge is 2.29. The van der Waals surface area contributed by atoms with Gasteiger partial charge in [0.25, 0.3) is 0 Å². The van der Waals surface area contributed by atoms with Gasteiger partial charge < -0.3 is 15.7 Å². The van der Waals surface area contributed by atoms with E-state index in [1.165, 1.54) is 6.07 Å².